The minimum atomic E-state index is -0.220. The summed E-state index contributed by atoms with van der Waals surface area (Å²) in [5, 5.41) is 13.2. The van der Waals surface area contributed by atoms with E-state index in [-0.39, 0.29) is 6.10 Å². The van der Waals surface area contributed by atoms with Crippen LogP contribution in [0, 0.1) is 5.92 Å². The highest BCUT2D eigenvalue weighted by atomic mass is 16.5. The van der Waals surface area contributed by atoms with E-state index in [4.69, 9.17) is 4.74 Å². The monoisotopic (exact) mass is 228 g/mol. The Bertz CT molecular complexity index is 209. The van der Waals surface area contributed by atoms with Gasteiger partial charge >= 0.3 is 0 Å². The zero-order chi connectivity index (χ0) is 11.4. The Kier molecular flexibility index (Phi) is 4.58. The van der Waals surface area contributed by atoms with Gasteiger partial charge in [0.05, 0.1) is 12.7 Å². The Labute approximate surface area is 98.0 Å². The zero-order valence-electron chi connectivity index (χ0n) is 10.2. The Hall–Kier alpha value is -0.160. The van der Waals surface area contributed by atoms with Gasteiger partial charge in [0.2, 0.25) is 0 Å². The standard InChI is InChI=1S/C12H24N2O2/c1-16-9-10-4-5-14(7-10)8-12(15)6-13-11-2-3-11/h10-13,15H,2-9H2,1H3. The van der Waals surface area contributed by atoms with Crippen LogP contribution in [0.4, 0.5) is 0 Å². The van der Waals surface area contributed by atoms with E-state index in [1.165, 1.54) is 19.3 Å². The van der Waals surface area contributed by atoms with Crippen molar-refractivity contribution in [2.45, 2.75) is 31.4 Å². The van der Waals surface area contributed by atoms with Gasteiger partial charge in [-0.25, -0.2) is 0 Å². The molecular formula is C12H24N2O2. The third-order valence-electron chi connectivity index (χ3n) is 3.46. The van der Waals surface area contributed by atoms with Gasteiger partial charge in [-0.1, -0.05) is 0 Å². The smallest absolute Gasteiger partial charge is 0.0791 e. The summed E-state index contributed by atoms with van der Waals surface area (Å²) in [5.41, 5.74) is 0. The molecular weight excluding hydrogens is 204 g/mol. The van der Waals surface area contributed by atoms with E-state index in [0.29, 0.717) is 12.0 Å². The van der Waals surface area contributed by atoms with E-state index in [9.17, 15) is 5.11 Å². The lowest BCUT2D eigenvalue weighted by atomic mass is 10.1. The van der Waals surface area contributed by atoms with E-state index in [1.807, 2.05) is 0 Å². The number of aliphatic hydroxyl groups excluding tert-OH is 1. The van der Waals surface area contributed by atoms with E-state index in [1.54, 1.807) is 7.11 Å². The average Bonchev–Trinajstić information content (AvgIpc) is 2.99. The number of hydrogen-bond donors (Lipinski definition) is 2. The van der Waals surface area contributed by atoms with Crippen molar-refractivity contribution >= 4 is 0 Å². The highest BCUT2D eigenvalue weighted by Gasteiger charge is 2.25. The van der Waals surface area contributed by atoms with E-state index >= 15 is 0 Å². The molecule has 0 amide bonds. The lowest BCUT2D eigenvalue weighted by Gasteiger charge is -2.20. The van der Waals surface area contributed by atoms with Crippen LogP contribution in [0.5, 0.6) is 0 Å². The fourth-order valence-corrected chi connectivity index (χ4v) is 2.40. The third-order valence-corrected chi connectivity index (χ3v) is 3.46. The number of β-amino-alcohol motifs (C(OH)–C–C–N with tert-alkyl or cyclic N) is 1. The maximum Gasteiger partial charge on any atom is 0.0791 e. The van der Waals surface area contributed by atoms with Gasteiger partial charge in [-0.05, 0) is 31.7 Å². The fraction of sp³-hybridized carbons (Fsp3) is 1.00. The molecule has 1 saturated heterocycles. The molecule has 0 radical (unpaired) electrons. The minimum absolute atomic E-state index is 0.220. The highest BCUT2D eigenvalue weighted by Crippen LogP contribution is 2.19. The van der Waals surface area contributed by atoms with Gasteiger partial charge in [0.15, 0.2) is 0 Å². The molecule has 2 fully saturated rings. The summed E-state index contributed by atoms with van der Waals surface area (Å²) in [6, 6.07) is 0.689. The number of aliphatic hydroxyl groups is 1. The second-order valence-electron chi connectivity index (χ2n) is 5.21. The number of nitrogens with zero attached hydrogens (tertiary/aromatic N) is 1. The second-order valence-corrected chi connectivity index (χ2v) is 5.21. The maximum atomic E-state index is 9.87. The van der Waals surface area contributed by atoms with Crippen LogP contribution in [0.3, 0.4) is 0 Å². The number of rotatable bonds is 7. The summed E-state index contributed by atoms with van der Waals surface area (Å²) in [7, 11) is 1.76. The molecule has 2 aliphatic rings. The SMILES string of the molecule is COCC1CCN(CC(O)CNC2CC2)C1. The molecule has 16 heavy (non-hydrogen) atoms. The van der Waals surface area contributed by atoms with Crippen LogP contribution < -0.4 is 5.32 Å². The molecule has 2 atom stereocenters. The van der Waals surface area contributed by atoms with Crippen molar-refractivity contribution < 1.29 is 9.84 Å². The van der Waals surface area contributed by atoms with Crippen molar-refractivity contribution in [2.24, 2.45) is 5.92 Å². The molecule has 0 aromatic carbocycles. The van der Waals surface area contributed by atoms with Crippen LogP contribution in [0.25, 0.3) is 0 Å². The van der Waals surface area contributed by atoms with Crippen molar-refractivity contribution in [3.05, 3.63) is 0 Å². The van der Waals surface area contributed by atoms with Crippen molar-refractivity contribution in [3.8, 4) is 0 Å². The molecule has 0 spiro atoms. The predicted molar refractivity (Wildman–Crippen MR) is 63.5 cm³/mol. The molecule has 1 aliphatic heterocycles. The number of likely N-dealkylation sites (tertiary alicyclic amines) is 1. The summed E-state index contributed by atoms with van der Waals surface area (Å²) < 4.78 is 5.16. The largest absolute Gasteiger partial charge is 0.390 e. The van der Waals surface area contributed by atoms with Crippen LogP contribution >= 0.6 is 0 Å². The van der Waals surface area contributed by atoms with E-state index in [2.05, 4.69) is 10.2 Å². The highest BCUT2D eigenvalue weighted by molar-refractivity contribution is 4.83. The third kappa shape index (κ3) is 4.01. The molecule has 2 N–H and O–H groups in total. The quantitative estimate of drug-likeness (QED) is 0.647. The first-order valence-corrected chi connectivity index (χ1v) is 6.40. The van der Waals surface area contributed by atoms with E-state index in [0.717, 1.165) is 32.8 Å². The Balaban J connectivity index is 1.57. The van der Waals surface area contributed by atoms with Crippen molar-refractivity contribution in [3.63, 3.8) is 0 Å². The van der Waals surface area contributed by atoms with Crippen LogP contribution in [0.2, 0.25) is 0 Å². The molecule has 0 bridgehead atoms. The lowest BCUT2D eigenvalue weighted by molar-refractivity contribution is 0.113. The van der Waals surface area contributed by atoms with Crippen LogP contribution in [-0.2, 0) is 4.74 Å². The molecule has 1 saturated carbocycles. The Morgan fingerprint density at radius 1 is 1.44 bits per heavy atom. The molecule has 0 aromatic rings. The van der Waals surface area contributed by atoms with Gasteiger partial charge in [-0.15, -0.1) is 0 Å². The van der Waals surface area contributed by atoms with Gasteiger partial charge in [0.1, 0.15) is 0 Å². The summed E-state index contributed by atoms with van der Waals surface area (Å²) in [4.78, 5) is 2.35. The fourth-order valence-electron chi connectivity index (χ4n) is 2.40. The predicted octanol–water partition coefficient (Wildman–Crippen LogP) is 0.0676. The van der Waals surface area contributed by atoms with Crippen LogP contribution in [-0.4, -0.2) is 62.0 Å². The topological polar surface area (TPSA) is 44.7 Å². The first kappa shape index (κ1) is 12.3. The van der Waals surface area contributed by atoms with E-state index < -0.39 is 0 Å². The minimum Gasteiger partial charge on any atom is -0.390 e. The molecule has 4 heteroatoms. The lowest BCUT2D eigenvalue weighted by Crippen LogP contribution is -2.38. The van der Waals surface area contributed by atoms with Gasteiger partial charge in [-0.3, -0.25) is 0 Å². The first-order chi connectivity index (χ1) is 7.78. The van der Waals surface area contributed by atoms with Gasteiger partial charge in [0.25, 0.3) is 0 Å². The average molecular weight is 228 g/mol. The summed E-state index contributed by atoms with van der Waals surface area (Å²) in [5.74, 6) is 0.661. The molecule has 2 rings (SSSR count). The summed E-state index contributed by atoms with van der Waals surface area (Å²) in [6.45, 7) is 4.59. The number of methoxy groups -OCH3 is 1. The maximum absolute atomic E-state index is 9.87. The molecule has 1 heterocycles. The van der Waals surface area contributed by atoms with Gasteiger partial charge in [0, 0.05) is 32.8 Å². The van der Waals surface area contributed by atoms with Crippen LogP contribution in [0.15, 0.2) is 0 Å². The number of ether oxygens (including phenoxy) is 1. The summed E-state index contributed by atoms with van der Waals surface area (Å²) >= 11 is 0. The van der Waals surface area contributed by atoms with Crippen LogP contribution in [0.1, 0.15) is 19.3 Å². The van der Waals surface area contributed by atoms with Crippen molar-refractivity contribution in [2.75, 3.05) is 39.9 Å². The normalized spacial score (nSPS) is 28.5. The zero-order valence-corrected chi connectivity index (χ0v) is 10.2. The summed E-state index contributed by atoms with van der Waals surface area (Å²) in [6.07, 6.45) is 3.55. The molecule has 4 nitrogen and oxygen atoms in total. The van der Waals surface area contributed by atoms with Gasteiger partial charge in [-0.2, -0.15) is 0 Å². The number of nitrogens with one attached hydrogen (secondary N) is 1. The Morgan fingerprint density at radius 3 is 2.94 bits per heavy atom. The van der Waals surface area contributed by atoms with Gasteiger partial charge < -0.3 is 20.1 Å². The second kappa shape index (κ2) is 5.96. The number of hydrogen-bond acceptors (Lipinski definition) is 4. The van der Waals surface area contributed by atoms with Crippen molar-refractivity contribution in [1.82, 2.24) is 10.2 Å². The molecule has 0 aromatic heterocycles. The first-order valence-electron chi connectivity index (χ1n) is 6.40. The molecule has 94 valence electrons. The molecule has 2 unspecified atom stereocenters. The Morgan fingerprint density at radius 2 is 2.25 bits per heavy atom. The molecule has 1 aliphatic carbocycles. The van der Waals surface area contributed by atoms with Crippen molar-refractivity contribution in [1.29, 1.82) is 0 Å².